The molecule has 0 spiro atoms. The summed E-state index contributed by atoms with van der Waals surface area (Å²) < 4.78 is 6.68. The molecule has 0 aliphatic carbocycles. The Labute approximate surface area is 125 Å². The van der Waals surface area contributed by atoms with Crippen LogP contribution in [0.2, 0.25) is 0 Å². The molecule has 0 saturated carbocycles. The lowest BCUT2D eigenvalue weighted by atomic mass is 10.2. The van der Waals surface area contributed by atoms with Crippen LogP contribution in [-0.4, -0.2) is 18.6 Å². The van der Waals surface area contributed by atoms with Gasteiger partial charge in [0.05, 0.1) is 6.61 Å². The highest BCUT2D eigenvalue weighted by Crippen LogP contribution is 2.19. The van der Waals surface area contributed by atoms with Gasteiger partial charge in [0, 0.05) is 20.7 Å². The van der Waals surface area contributed by atoms with Crippen LogP contribution in [0.1, 0.15) is 10.4 Å². The number of carbonyl (C=O) groups excluding carboxylic acids is 1. The van der Waals surface area contributed by atoms with Crippen molar-refractivity contribution in [2.24, 2.45) is 0 Å². The van der Waals surface area contributed by atoms with Crippen LogP contribution in [0, 0.1) is 0 Å². The molecule has 2 aromatic rings. The number of hydrogen-bond donors (Lipinski definition) is 0. The number of halogens is 1. The van der Waals surface area contributed by atoms with E-state index in [0.717, 1.165) is 27.2 Å². The van der Waals surface area contributed by atoms with Crippen LogP contribution in [0.5, 0.6) is 5.75 Å². The third-order valence-corrected chi connectivity index (χ3v) is 3.96. The van der Waals surface area contributed by atoms with Crippen LogP contribution in [0.15, 0.2) is 57.9 Å². The lowest BCUT2D eigenvalue weighted by Gasteiger charge is -2.06. The molecule has 0 heterocycles. The molecule has 0 fully saturated rings. The number of benzene rings is 2. The van der Waals surface area contributed by atoms with Crippen molar-refractivity contribution >= 4 is 34.0 Å². The standard InChI is InChI=1S/C15H13BrO2S/c16-13-3-5-14(6-4-13)18-9-10-19-15-7-1-12(11-17)2-8-15/h1-8,11H,9-10H2. The second kappa shape index (κ2) is 7.36. The van der Waals surface area contributed by atoms with Gasteiger partial charge in [-0.1, -0.05) is 28.1 Å². The van der Waals surface area contributed by atoms with Crippen LogP contribution in [0.25, 0.3) is 0 Å². The van der Waals surface area contributed by atoms with E-state index in [2.05, 4.69) is 15.9 Å². The van der Waals surface area contributed by atoms with Gasteiger partial charge in [-0.25, -0.2) is 0 Å². The van der Waals surface area contributed by atoms with Gasteiger partial charge in [-0.05, 0) is 36.4 Å². The first-order chi connectivity index (χ1) is 9.28. The second-order valence-electron chi connectivity index (χ2n) is 3.84. The van der Waals surface area contributed by atoms with E-state index in [9.17, 15) is 4.79 Å². The summed E-state index contributed by atoms with van der Waals surface area (Å²) in [7, 11) is 0. The van der Waals surface area contributed by atoms with Crippen molar-refractivity contribution in [1.82, 2.24) is 0 Å². The highest BCUT2D eigenvalue weighted by Gasteiger charge is 1.97. The molecule has 19 heavy (non-hydrogen) atoms. The van der Waals surface area contributed by atoms with E-state index in [-0.39, 0.29) is 0 Å². The molecule has 0 N–H and O–H groups in total. The number of carbonyl (C=O) groups is 1. The van der Waals surface area contributed by atoms with Gasteiger partial charge >= 0.3 is 0 Å². The van der Waals surface area contributed by atoms with Crippen LogP contribution in [0.4, 0.5) is 0 Å². The quantitative estimate of drug-likeness (QED) is 0.443. The Balaban J connectivity index is 1.74. The molecule has 0 radical (unpaired) electrons. The SMILES string of the molecule is O=Cc1ccc(SCCOc2ccc(Br)cc2)cc1. The highest BCUT2D eigenvalue weighted by atomic mass is 79.9. The number of hydrogen-bond acceptors (Lipinski definition) is 3. The van der Waals surface area contributed by atoms with E-state index in [4.69, 9.17) is 4.74 Å². The minimum Gasteiger partial charge on any atom is -0.493 e. The number of ether oxygens (including phenoxy) is 1. The molecule has 2 aromatic carbocycles. The number of aldehydes is 1. The Morgan fingerprint density at radius 3 is 2.37 bits per heavy atom. The maximum atomic E-state index is 10.5. The summed E-state index contributed by atoms with van der Waals surface area (Å²) in [4.78, 5) is 11.7. The van der Waals surface area contributed by atoms with Gasteiger partial charge < -0.3 is 4.74 Å². The fourth-order valence-corrected chi connectivity index (χ4v) is 2.49. The minimum absolute atomic E-state index is 0.654. The lowest BCUT2D eigenvalue weighted by molar-refractivity contribution is 0.112. The molecular formula is C15H13BrO2S. The van der Waals surface area contributed by atoms with Crippen molar-refractivity contribution in [2.75, 3.05) is 12.4 Å². The monoisotopic (exact) mass is 336 g/mol. The van der Waals surface area contributed by atoms with Crippen molar-refractivity contribution in [2.45, 2.75) is 4.90 Å². The predicted octanol–water partition coefficient (Wildman–Crippen LogP) is 4.43. The predicted molar refractivity (Wildman–Crippen MR) is 82.2 cm³/mol. The molecule has 0 aliphatic rings. The molecule has 2 nitrogen and oxygen atoms in total. The average molecular weight is 337 g/mol. The van der Waals surface area contributed by atoms with Crippen LogP contribution in [-0.2, 0) is 0 Å². The van der Waals surface area contributed by atoms with Gasteiger partial charge in [0.2, 0.25) is 0 Å². The molecule has 0 unspecified atom stereocenters. The normalized spacial score (nSPS) is 10.2. The third-order valence-electron chi connectivity index (χ3n) is 2.45. The smallest absolute Gasteiger partial charge is 0.150 e. The van der Waals surface area contributed by atoms with Gasteiger partial charge in [-0.3, -0.25) is 4.79 Å². The van der Waals surface area contributed by atoms with E-state index in [1.165, 1.54) is 0 Å². The summed E-state index contributed by atoms with van der Waals surface area (Å²) in [6.45, 7) is 0.654. The molecule has 0 atom stereocenters. The second-order valence-corrected chi connectivity index (χ2v) is 5.92. The van der Waals surface area contributed by atoms with Crippen molar-refractivity contribution in [3.05, 3.63) is 58.6 Å². The van der Waals surface area contributed by atoms with Crippen molar-refractivity contribution in [3.8, 4) is 5.75 Å². The summed E-state index contributed by atoms with van der Waals surface area (Å²) >= 11 is 5.10. The topological polar surface area (TPSA) is 26.3 Å². The van der Waals surface area contributed by atoms with E-state index in [1.807, 2.05) is 48.5 Å². The minimum atomic E-state index is 0.654. The van der Waals surface area contributed by atoms with Gasteiger partial charge in [0.15, 0.2) is 0 Å². The summed E-state index contributed by atoms with van der Waals surface area (Å²) in [6.07, 6.45) is 0.852. The molecule has 0 amide bonds. The van der Waals surface area contributed by atoms with Gasteiger partial charge in [0.25, 0.3) is 0 Å². The van der Waals surface area contributed by atoms with Crippen molar-refractivity contribution in [1.29, 1.82) is 0 Å². The zero-order chi connectivity index (χ0) is 13.5. The molecular weight excluding hydrogens is 324 g/mol. The largest absolute Gasteiger partial charge is 0.493 e. The first kappa shape index (κ1) is 14.2. The van der Waals surface area contributed by atoms with Gasteiger partial charge in [0.1, 0.15) is 12.0 Å². The highest BCUT2D eigenvalue weighted by molar-refractivity contribution is 9.10. The van der Waals surface area contributed by atoms with E-state index in [0.29, 0.717) is 12.2 Å². The number of thioether (sulfide) groups is 1. The lowest BCUT2D eigenvalue weighted by Crippen LogP contribution is -1.99. The van der Waals surface area contributed by atoms with Crippen molar-refractivity contribution < 1.29 is 9.53 Å². The average Bonchev–Trinajstić information content (AvgIpc) is 2.46. The fourth-order valence-electron chi connectivity index (χ4n) is 1.49. The number of rotatable bonds is 6. The fraction of sp³-hybridized carbons (Fsp3) is 0.133. The Morgan fingerprint density at radius 2 is 1.74 bits per heavy atom. The molecule has 2 rings (SSSR count). The molecule has 0 saturated heterocycles. The molecule has 98 valence electrons. The Bertz CT molecular complexity index is 523. The van der Waals surface area contributed by atoms with E-state index in [1.54, 1.807) is 11.8 Å². The maximum Gasteiger partial charge on any atom is 0.150 e. The first-order valence-electron chi connectivity index (χ1n) is 5.84. The summed E-state index contributed by atoms with van der Waals surface area (Å²) in [5.74, 6) is 1.75. The van der Waals surface area contributed by atoms with Crippen molar-refractivity contribution in [3.63, 3.8) is 0 Å². The van der Waals surface area contributed by atoms with Crippen LogP contribution in [0.3, 0.4) is 0 Å². The summed E-state index contributed by atoms with van der Waals surface area (Å²) in [5, 5.41) is 0. The van der Waals surface area contributed by atoms with Gasteiger partial charge in [-0.15, -0.1) is 11.8 Å². The Morgan fingerprint density at radius 1 is 1.05 bits per heavy atom. The van der Waals surface area contributed by atoms with Gasteiger partial charge in [-0.2, -0.15) is 0 Å². The molecule has 0 bridgehead atoms. The Hall–Kier alpha value is -1.26. The zero-order valence-electron chi connectivity index (χ0n) is 10.2. The molecule has 0 aromatic heterocycles. The first-order valence-corrected chi connectivity index (χ1v) is 7.62. The molecule has 0 aliphatic heterocycles. The maximum absolute atomic E-state index is 10.5. The molecule has 4 heteroatoms. The third kappa shape index (κ3) is 4.73. The van der Waals surface area contributed by atoms with Crippen LogP contribution < -0.4 is 4.74 Å². The van der Waals surface area contributed by atoms with E-state index < -0.39 is 0 Å². The summed E-state index contributed by atoms with van der Waals surface area (Å²) in [5.41, 5.74) is 0.704. The summed E-state index contributed by atoms with van der Waals surface area (Å²) in [6, 6.07) is 15.3. The Kier molecular flexibility index (Phi) is 5.48. The zero-order valence-corrected chi connectivity index (χ0v) is 12.6. The van der Waals surface area contributed by atoms with Crippen LogP contribution >= 0.6 is 27.7 Å². The van der Waals surface area contributed by atoms with E-state index >= 15 is 0 Å².